The Labute approximate surface area is 103 Å². The minimum atomic E-state index is -0.583. The summed E-state index contributed by atoms with van der Waals surface area (Å²) >= 11 is 0. The van der Waals surface area contributed by atoms with E-state index in [0.29, 0.717) is 11.3 Å². The summed E-state index contributed by atoms with van der Waals surface area (Å²) in [7, 11) is 1.69. The van der Waals surface area contributed by atoms with Crippen LogP contribution in [-0.2, 0) is 0 Å². The molecule has 0 radical (unpaired) electrons. The van der Waals surface area contributed by atoms with Crippen molar-refractivity contribution in [1.29, 1.82) is 0 Å². The number of halogens is 1. The topological polar surface area (TPSA) is 66.9 Å². The predicted octanol–water partition coefficient (Wildman–Crippen LogP) is 1.91. The molecule has 0 saturated heterocycles. The van der Waals surface area contributed by atoms with Crippen molar-refractivity contribution in [3.8, 4) is 0 Å². The average molecular weight is 246 g/mol. The van der Waals surface area contributed by atoms with Crippen molar-refractivity contribution >= 4 is 17.3 Å². The van der Waals surface area contributed by atoms with Gasteiger partial charge >= 0.3 is 0 Å². The normalized spacial score (nSPS) is 9.89. The lowest BCUT2D eigenvalue weighted by atomic mass is 10.2. The Morgan fingerprint density at radius 3 is 2.50 bits per heavy atom. The number of hydrogen-bond acceptors (Lipinski definition) is 4. The summed E-state index contributed by atoms with van der Waals surface area (Å²) in [6.07, 6.45) is 5.43. The maximum atomic E-state index is 13.3. The fourth-order valence-corrected chi connectivity index (χ4v) is 1.46. The van der Waals surface area contributed by atoms with Crippen LogP contribution in [0.4, 0.5) is 15.8 Å². The fraction of sp³-hybridized carbons (Fsp3) is 0.0833. The van der Waals surface area contributed by atoms with Crippen LogP contribution < -0.4 is 10.6 Å². The average Bonchev–Trinajstić information content (AvgIpc) is 2.41. The SMILES string of the molecule is CNc1ccncc1C(=O)Nc1ccncc1F. The number of nitrogens with one attached hydrogen (secondary N) is 2. The van der Waals surface area contributed by atoms with Crippen molar-refractivity contribution in [3.63, 3.8) is 0 Å². The second-order valence-electron chi connectivity index (χ2n) is 3.48. The van der Waals surface area contributed by atoms with Crippen molar-refractivity contribution in [2.45, 2.75) is 0 Å². The van der Waals surface area contributed by atoms with E-state index in [-0.39, 0.29) is 5.69 Å². The Morgan fingerprint density at radius 2 is 1.83 bits per heavy atom. The molecule has 0 aliphatic rings. The molecule has 6 heteroatoms. The van der Waals surface area contributed by atoms with E-state index >= 15 is 0 Å². The lowest BCUT2D eigenvalue weighted by Crippen LogP contribution is -2.15. The van der Waals surface area contributed by atoms with Gasteiger partial charge in [0.15, 0.2) is 5.82 Å². The number of rotatable bonds is 3. The van der Waals surface area contributed by atoms with Gasteiger partial charge in [-0.15, -0.1) is 0 Å². The van der Waals surface area contributed by atoms with Gasteiger partial charge < -0.3 is 10.6 Å². The van der Waals surface area contributed by atoms with Crippen molar-refractivity contribution < 1.29 is 9.18 Å². The van der Waals surface area contributed by atoms with Crippen molar-refractivity contribution in [2.75, 3.05) is 17.7 Å². The summed E-state index contributed by atoms with van der Waals surface area (Å²) in [5.74, 6) is -1.02. The Morgan fingerprint density at radius 1 is 1.17 bits per heavy atom. The van der Waals surface area contributed by atoms with Gasteiger partial charge in [-0.3, -0.25) is 14.8 Å². The second kappa shape index (κ2) is 5.22. The van der Waals surface area contributed by atoms with Gasteiger partial charge in [0.25, 0.3) is 5.91 Å². The third-order valence-corrected chi connectivity index (χ3v) is 2.36. The largest absolute Gasteiger partial charge is 0.387 e. The zero-order valence-corrected chi connectivity index (χ0v) is 9.64. The van der Waals surface area contributed by atoms with Crippen molar-refractivity contribution in [1.82, 2.24) is 9.97 Å². The third kappa shape index (κ3) is 2.42. The van der Waals surface area contributed by atoms with E-state index in [1.807, 2.05) is 0 Å². The number of carbonyl (C=O) groups is 1. The van der Waals surface area contributed by atoms with Crippen LogP contribution in [0.25, 0.3) is 0 Å². The summed E-state index contributed by atoms with van der Waals surface area (Å²) in [5, 5.41) is 5.34. The summed E-state index contributed by atoms with van der Waals surface area (Å²) in [4.78, 5) is 19.4. The molecule has 0 aromatic carbocycles. The van der Waals surface area contributed by atoms with Gasteiger partial charge in [0.2, 0.25) is 0 Å². The standard InChI is InChI=1S/C12H11FN4O/c1-14-10-2-4-15-6-8(10)12(18)17-11-3-5-16-7-9(11)13/h2-7H,1H3,(H,14,15)(H,16,17,18). The molecule has 0 fully saturated rings. The van der Waals surface area contributed by atoms with Crippen LogP contribution in [0.5, 0.6) is 0 Å². The lowest BCUT2D eigenvalue weighted by molar-refractivity contribution is 0.102. The number of nitrogens with zero attached hydrogens (tertiary/aromatic N) is 2. The highest BCUT2D eigenvalue weighted by atomic mass is 19.1. The molecule has 92 valence electrons. The molecule has 1 amide bonds. The Hall–Kier alpha value is -2.50. The molecule has 0 unspecified atom stereocenters. The van der Waals surface area contributed by atoms with E-state index in [0.717, 1.165) is 6.20 Å². The monoisotopic (exact) mass is 246 g/mol. The molecule has 5 nitrogen and oxygen atoms in total. The number of aromatic nitrogens is 2. The Bertz CT molecular complexity index is 574. The second-order valence-corrected chi connectivity index (χ2v) is 3.48. The molecule has 2 rings (SSSR count). The smallest absolute Gasteiger partial charge is 0.259 e. The summed E-state index contributed by atoms with van der Waals surface area (Å²) in [5.41, 5.74) is 1.05. The molecule has 0 aliphatic carbocycles. The molecule has 0 spiro atoms. The van der Waals surface area contributed by atoms with E-state index in [4.69, 9.17) is 0 Å². The maximum absolute atomic E-state index is 13.3. The Kier molecular flexibility index (Phi) is 3.47. The zero-order chi connectivity index (χ0) is 13.0. The number of pyridine rings is 2. The van der Waals surface area contributed by atoms with Crippen molar-refractivity contribution in [3.05, 3.63) is 48.3 Å². The van der Waals surface area contributed by atoms with Gasteiger partial charge in [0.1, 0.15) is 0 Å². The van der Waals surface area contributed by atoms with Crippen LogP contribution in [0.3, 0.4) is 0 Å². The molecule has 2 N–H and O–H groups in total. The molecule has 0 bridgehead atoms. The first-order chi connectivity index (χ1) is 8.72. The molecular weight excluding hydrogens is 235 g/mol. The van der Waals surface area contributed by atoms with E-state index in [1.54, 1.807) is 19.3 Å². The first-order valence-electron chi connectivity index (χ1n) is 5.25. The molecular formula is C12H11FN4O. The number of amides is 1. The van der Waals surface area contributed by atoms with E-state index in [1.165, 1.54) is 18.5 Å². The van der Waals surface area contributed by atoms with E-state index in [2.05, 4.69) is 20.6 Å². The molecule has 0 atom stereocenters. The first kappa shape index (κ1) is 12.0. The van der Waals surface area contributed by atoms with Crippen LogP contribution in [0.1, 0.15) is 10.4 Å². The predicted molar refractivity (Wildman–Crippen MR) is 65.9 cm³/mol. The Balaban J connectivity index is 2.25. The van der Waals surface area contributed by atoms with Crippen molar-refractivity contribution in [2.24, 2.45) is 0 Å². The van der Waals surface area contributed by atoms with Gasteiger partial charge in [-0.1, -0.05) is 0 Å². The minimum Gasteiger partial charge on any atom is -0.387 e. The van der Waals surface area contributed by atoms with Crippen LogP contribution in [0.2, 0.25) is 0 Å². The van der Waals surface area contributed by atoms with Gasteiger partial charge in [-0.25, -0.2) is 4.39 Å². The summed E-state index contributed by atoms with van der Waals surface area (Å²) < 4.78 is 13.3. The van der Waals surface area contributed by atoms with Gasteiger partial charge in [0.05, 0.1) is 17.4 Å². The van der Waals surface area contributed by atoms with E-state index in [9.17, 15) is 9.18 Å². The maximum Gasteiger partial charge on any atom is 0.259 e. The van der Waals surface area contributed by atoms with Crippen LogP contribution in [0.15, 0.2) is 36.9 Å². The first-order valence-corrected chi connectivity index (χ1v) is 5.25. The van der Waals surface area contributed by atoms with Gasteiger partial charge in [-0.2, -0.15) is 0 Å². The summed E-state index contributed by atoms with van der Waals surface area (Å²) in [6.45, 7) is 0. The van der Waals surface area contributed by atoms with E-state index < -0.39 is 11.7 Å². The molecule has 18 heavy (non-hydrogen) atoms. The molecule has 0 saturated carbocycles. The van der Waals surface area contributed by atoms with Crippen LogP contribution in [-0.4, -0.2) is 22.9 Å². The van der Waals surface area contributed by atoms with Gasteiger partial charge in [0, 0.05) is 31.3 Å². The molecule has 2 heterocycles. The quantitative estimate of drug-likeness (QED) is 0.868. The van der Waals surface area contributed by atoms with Crippen LogP contribution in [0, 0.1) is 5.82 Å². The zero-order valence-electron chi connectivity index (χ0n) is 9.64. The number of carbonyl (C=O) groups excluding carboxylic acids is 1. The molecule has 2 aromatic rings. The highest BCUT2D eigenvalue weighted by Crippen LogP contribution is 2.16. The lowest BCUT2D eigenvalue weighted by Gasteiger charge is -2.09. The van der Waals surface area contributed by atoms with Gasteiger partial charge in [-0.05, 0) is 12.1 Å². The third-order valence-electron chi connectivity index (χ3n) is 2.36. The number of anilines is 2. The highest BCUT2D eigenvalue weighted by Gasteiger charge is 2.12. The fourth-order valence-electron chi connectivity index (χ4n) is 1.46. The highest BCUT2D eigenvalue weighted by molar-refractivity contribution is 6.07. The van der Waals surface area contributed by atoms with Crippen LogP contribution >= 0.6 is 0 Å². The molecule has 2 aromatic heterocycles. The molecule has 0 aliphatic heterocycles. The summed E-state index contributed by atoms with van der Waals surface area (Å²) in [6, 6.07) is 3.06. The number of hydrogen-bond donors (Lipinski definition) is 2. The minimum absolute atomic E-state index is 0.0842.